The molecule has 3 N–H and O–H groups in total. The molecule has 208 valence electrons. The van der Waals surface area contributed by atoms with Crippen LogP contribution in [0.5, 0.6) is 11.5 Å². The molecule has 0 radical (unpaired) electrons. The maximum Gasteiger partial charge on any atom is 0.330 e. The molecule has 2 heterocycles. The first-order valence-corrected chi connectivity index (χ1v) is 12.7. The standard InChI is InChI=1S/C30H30N2O8/c1-37-21-10-7-18(8-11-21)23-15-19(9-12-24(23)38-2)22-6-4-3-5-20(22)16-39-17-25-27(34)28(35)29(40-25)32-14-13-26(33)31-30(32)36/h3-15,25,27-29,34-35H,16-17H2,1-2H3,(H,31,33,36)/t25-,27-,28-,29-/m1/s1. The highest BCUT2D eigenvalue weighted by molar-refractivity contribution is 5.79. The number of rotatable bonds is 9. The predicted octanol–water partition coefficient (Wildman–Crippen LogP) is 2.72. The number of hydrogen-bond donors (Lipinski definition) is 3. The summed E-state index contributed by atoms with van der Waals surface area (Å²) >= 11 is 0. The van der Waals surface area contributed by atoms with Crippen molar-refractivity contribution in [3.8, 4) is 33.8 Å². The Balaban J connectivity index is 1.32. The quantitative estimate of drug-likeness (QED) is 0.292. The Bertz CT molecular complexity index is 1580. The minimum absolute atomic E-state index is 0.0269. The van der Waals surface area contributed by atoms with E-state index in [1.54, 1.807) is 14.2 Å². The topological polar surface area (TPSA) is 132 Å². The highest BCUT2D eigenvalue weighted by atomic mass is 16.6. The molecule has 1 aliphatic heterocycles. The van der Waals surface area contributed by atoms with Crippen LogP contribution in [0.3, 0.4) is 0 Å². The number of methoxy groups -OCH3 is 2. The number of aromatic nitrogens is 2. The lowest BCUT2D eigenvalue weighted by molar-refractivity contribution is -0.0710. The van der Waals surface area contributed by atoms with Gasteiger partial charge in [-0.25, -0.2) is 4.79 Å². The van der Waals surface area contributed by atoms with Gasteiger partial charge in [-0.05, 0) is 46.5 Å². The summed E-state index contributed by atoms with van der Waals surface area (Å²) in [7, 11) is 3.27. The van der Waals surface area contributed by atoms with E-state index >= 15 is 0 Å². The minimum atomic E-state index is -1.37. The van der Waals surface area contributed by atoms with Crippen molar-refractivity contribution in [3.63, 3.8) is 0 Å². The van der Waals surface area contributed by atoms with E-state index in [4.69, 9.17) is 18.9 Å². The first kappa shape index (κ1) is 27.4. The summed E-state index contributed by atoms with van der Waals surface area (Å²) in [6.45, 7) is 0.187. The number of aliphatic hydroxyl groups is 2. The smallest absolute Gasteiger partial charge is 0.330 e. The van der Waals surface area contributed by atoms with Crippen LogP contribution in [0.4, 0.5) is 0 Å². The Hall–Kier alpha value is -4.22. The molecular formula is C30H30N2O8. The second kappa shape index (κ2) is 11.9. The van der Waals surface area contributed by atoms with Gasteiger partial charge in [0.15, 0.2) is 6.23 Å². The first-order valence-electron chi connectivity index (χ1n) is 12.7. The van der Waals surface area contributed by atoms with Crippen molar-refractivity contribution in [2.45, 2.75) is 31.1 Å². The van der Waals surface area contributed by atoms with Crippen LogP contribution >= 0.6 is 0 Å². The van der Waals surface area contributed by atoms with E-state index in [-0.39, 0.29) is 13.2 Å². The Morgan fingerprint density at radius 1 is 0.875 bits per heavy atom. The molecule has 10 nitrogen and oxygen atoms in total. The maximum absolute atomic E-state index is 12.1. The molecule has 0 amide bonds. The van der Waals surface area contributed by atoms with Gasteiger partial charge >= 0.3 is 5.69 Å². The second-order valence-electron chi connectivity index (χ2n) is 9.38. The lowest BCUT2D eigenvalue weighted by Crippen LogP contribution is -2.37. The van der Waals surface area contributed by atoms with E-state index in [1.165, 1.54) is 6.20 Å². The number of ether oxygens (including phenoxy) is 4. The van der Waals surface area contributed by atoms with Crippen molar-refractivity contribution in [2.24, 2.45) is 0 Å². The van der Waals surface area contributed by atoms with Gasteiger partial charge in [0.2, 0.25) is 0 Å². The van der Waals surface area contributed by atoms with E-state index in [9.17, 15) is 19.8 Å². The molecule has 1 saturated heterocycles. The van der Waals surface area contributed by atoms with E-state index < -0.39 is 35.8 Å². The fourth-order valence-corrected chi connectivity index (χ4v) is 4.81. The first-order chi connectivity index (χ1) is 19.4. The third-order valence-electron chi connectivity index (χ3n) is 6.93. The van der Waals surface area contributed by atoms with Gasteiger partial charge in [-0.2, -0.15) is 0 Å². The molecule has 0 spiro atoms. The third kappa shape index (κ3) is 5.56. The lowest BCUT2D eigenvalue weighted by Gasteiger charge is -2.17. The Labute approximate surface area is 230 Å². The Morgan fingerprint density at radius 2 is 1.62 bits per heavy atom. The predicted molar refractivity (Wildman–Crippen MR) is 147 cm³/mol. The van der Waals surface area contributed by atoms with Crippen molar-refractivity contribution in [1.82, 2.24) is 9.55 Å². The molecule has 3 aromatic carbocycles. The van der Waals surface area contributed by atoms with E-state index in [1.807, 2.05) is 60.7 Å². The highest BCUT2D eigenvalue weighted by Gasteiger charge is 2.44. The van der Waals surface area contributed by atoms with Crippen LogP contribution in [0, 0.1) is 0 Å². The summed E-state index contributed by atoms with van der Waals surface area (Å²) in [4.78, 5) is 25.6. The Morgan fingerprint density at radius 3 is 2.35 bits per heavy atom. The van der Waals surface area contributed by atoms with E-state index in [0.717, 1.165) is 49.9 Å². The third-order valence-corrected chi connectivity index (χ3v) is 6.93. The van der Waals surface area contributed by atoms with Gasteiger partial charge in [-0.1, -0.05) is 42.5 Å². The zero-order valence-electron chi connectivity index (χ0n) is 22.0. The average Bonchev–Trinajstić information content (AvgIpc) is 3.25. The minimum Gasteiger partial charge on any atom is -0.497 e. The van der Waals surface area contributed by atoms with Crippen molar-refractivity contribution in [1.29, 1.82) is 0 Å². The van der Waals surface area contributed by atoms with Crippen LogP contribution in [0.25, 0.3) is 22.3 Å². The molecule has 4 atom stereocenters. The number of nitrogens with one attached hydrogen (secondary N) is 1. The molecule has 10 heteroatoms. The zero-order valence-corrected chi connectivity index (χ0v) is 22.0. The number of aromatic amines is 1. The monoisotopic (exact) mass is 546 g/mol. The molecule has 1 fully saturated rings. The van der Waals surface area contributed by atoms with Crippen LogP contribution in [0.1, 0.15) is 11.8 Å². The largest absolute Gasteiger partial charge is 0.497 e. The summed E-state index contributed by atoms with van der Waals surface area (Å²) < 4.78 is 23.6. The molecule has 4 aromatic rings. The van der Waals surface area contributed by atoms with Crippen molar-refractivity contribution in [2.75, 3.05) is 20.8 Å². The number of benzene rings is 3. The van der Waals surface area contributed by atoms with Crippen LogP contribution < -0.4 is 20.7 Å². The van der Waals surface area contributed by atoms with Crippen LogP contribution in [-0.4, -0.2) is 58.9 Å². The number of aliphatic hydroxyl groups excluding tert-OH is 2. The van der Waals surface area contributed by atoms with Crippen LogP contribution in [0.15, 0.2) is 88.6 Å². The molecule has 0 aliphatic carbocycles. The SMILES string of the molecule is COc1ccc(-c2cc(-c3ccccc3COC[C@H]3O[C@@H](n4ccc(=O)[nH]c4=O)[C@H](O)[C@@H]3O)ccc2OC)cc1. The number of H-pyrrole nitrogens is 1. The second-order valence-corrected chi connectivity index (χ2v) is 9.38. The van der Waals surface area contributed by atoms with Crippen LogP contribution in [0.2, 0.25) is 0 Å². The summed E-state index contributed by atoms with van der Waals surface area (Å²) in [6, 6.07) is 22.7. The molecular weight excluding hydrogens is 516 g/mol. The summed E-state index contributed by atoms with van der Waals surface area (Å²) in [6.07, 6.45) is -3.48. The lowest BCUT2D eigenvalue weighted by atomic mass is 9.95. The van der Waals surface area contributed by atoms with Gasteiger partial charge < -0.3 is 29.2 Å². The van der Waals surface area contributed by atoms with E-state index in [2.05, 4.69) is 11.1 Å². The Kier molecular flexibility index (Phi) is 8.13. The molecule has 0 saturated carbocycles. The molecule has 0 unspecified atom stereocenters. The average molecular weight is 547 g/mol. The molecule has 1 aromatic heterocycles. The molecule has 5 rings (SSSR count). The number of nitrogens with zero attached hydrogens (tertiary/aromatic N) is 1. The zero-order chi connectivity index (χ0) is 28.2. The number of hydrogen-bond acceptors (Lipinski definition) is 8. The van der Waals surface area contributed by atoms with Gasteiger partial charge in [0.25, 0.3) is 5.56 Å². The van der Waals surface area contributed by atoms with Gasteiger partial charge in [-0.3, -0.25) is 14.3 Å². The van der Waals surface area contributed by atoms with Crippen molar-refractivity contribution in [3.05, 3.63) is 105 Å². The van der Waals surface area contributed by atoms with Gasteiger partial charge in [0, 0.05) is 17.8 Å². The van der Waals surface area contributed by atoms with Gasteiger partial charge in [0.1, 0.15) is 29.8 Å². The molecule has 40 heavy (non-hydrogen) atoms. The fraction of sp³-hybridized carbons (Fsp3) is 0.267. The fourth-order valence-electron chi connectivity index (χ4n) is 4.81. The van der Waals surface area contributed by atoms with Crippen molar-refractivity contribution >= 4 is 0 Å². The molecule has 0 bridgehead atoms. The summed E-state index contributed by atoms with van der Waals surface area (Å²) in [5.74, 6) is 1.51. The highest BCUT2D eigenvalue weighted by Crippen LogP contribution is 2.36. The summed E-state index contributed by atoms with van der Waals surface area (Å²) in [5, 5.41) is 21.0. The maximum atomic E-state index is 12.1. The van der Waals surface area contributed by atoms with Crippen molar-refractivity contribution < 1.29 is 29.2 Å². The molecule has 1 aliphatic rings. The van der Waals surface area contributed by atoms with Gasteiger partial charge in [-0.15, -0.1) is 0 Å². The summed E-state index contributed by atoms with van der Waals surface area (Å²) in [5.41, 5.74) is 3.44. The van der Waals surface area contributed by atoms with Gasteiger partial charge in [0.05, 0.1) is 27.4 Å². The van der Waals surface area contributed by atoms with Crippen LogP contribution in [-0.2, 0) is 16.1 Å². The van der Waals surface area contributed by atoms with E-state index in [0.29, 0.717) is 0 Å². The normalized spacial score (nSPS) is 20.4.